The molecule has 3 rings (SSSR count). The Kier molecular flexibility index (Phi) is 8.38. The second kappa shape index (κ2) is 10.8. The highest BCUT2D eigenvalue weighted by Gasteiger charge is 2.59. The van der Waals surface area contributed by atoms with Crippen molar-refractivity contribution >= 4 is 46.6 Å². The number of hydrogen-bond acceptors (Lipinski definition) is 7. The fraction of sp³-hybridized carbons (Fsp3) is 0.286. The molecule has 172 valence electrons. The summed E-state index contributed by atoms with van der Waals surface area (Å²) in [6, 6.07) is 15.1. The molecule has 1 heterocycles. The van der Waals surface area contributed by atoms with Crippen LogP contribution in [0.15, 0.2) is 60.0 Å². The van der Waals surface area contributed by atoms with Gasteiger partial charge in [-0.1, -0.05) is 41.9 Å². The van der Waals surface area contributed by atoms with Gasteiger partial charge in [0, 0.05) is 4.70 Å². The summed E-state index contributed by atoms with van der Waals surface area (Å²) in [5.41, 5.74) is -0.846. The maximum Gasteiger partial charge on any atom is 0.506 e. The molecule has 0 bridgehead atoms. The molecule has 2 atom stereocenters. The normalized spacial score (nSPS) is 14.8. The summed E-state index contributed by atoms with van der Waals surface area (Å²) in [6.45, 7) is 0.739. The largest absolute Gasteiger partial charge is 0.506 e. The van der Waals surface area contributed by atoms with Crippen LogP contribution in [0, 0.1) is 0 Å². The Hall–Kier alpha value is -1.87. The van der Waals surface area contributed by atoms with Gasteiger partial charge in [0.05, 0.1) is 25.4 Å². The molecule has 0 amide bonds. The number of carbonyl (C=O) groups is 1. The third-order valence-corrected chi connectivity index (χ3v) is 7.23. The fourth-order valence-corrected chi connectivity index (χ4v) is 5.09. The molecule has 0 radical (unpaired) electrons. The number of esters is 1. The SMILES string of the molecule is CCOP(=O)(OC(Cl)COCc1ccccc1)C(F)(F)OC(=O)c1ccc2sccc2c1. The van der Waals surface area contributed by atoms with Crippen molar-refractivity contribution in [1.29, 1.82) is 0 Å². The Balaban J connectivity index is 1.65. The van der Waals surface area contributed by atoms with E-state index in [1.165, 1.54) is 30.4 Å². The summed E-state index contributed by atoms with van der Waals surface area (Å²) in [6.07, 6.45) is 0. The molecule has 0 saturated heterocycles. The lowest BCUT2D eigenvalue weighted by atomic mass is 10.2. The molecule has 1 aromatic heterocycles. The second-order valence-electron chi connectivity index (χ2n) is 6.48. The lowest BCUT2D eigenvalue weighted by molar-refractivity contribution is -0.152. The van der Waals surface area contributed by atoms with Crippen LogP contribution in [0.2, 0.25) is 0 Å². The van der Waals surface area contributed by atoms with E-state index in [2.05, 4.69) is 4.74 Å². The number of hydrogen-bond donors (Lipinski definition) is 0. The smallest absolute Gasteiger partial charge is 0.388 e. The van der Waals surface area contributed by atoms with Gasteiger partial charge >= 0.3 is 19.4 Å². The second-order valence-corrected chi connectivity index (χ2v) is 9.90. The Morgan fingerprint density at radius 2 is 1.94 bits per heavy atom. The molecule has 3 aromatic rings. The Morgan fingerprint density at radius 1 is 1.19 bits per heavy atom. The summed E-state index contributed by atoms with van der Waals surface area (Å²) in [5.74, 6) is -5.95. The van der Waals surface area contributed by atoms with Gasteiger partial charge in [-0.25, -0.2) is 9.36 Å². The van der Waals surface area contributed by atoms with Crippen LogP contribution in [0.25, 0.3) is 10.1 Å². The van der Waals surface area contributed by atoms with Crippen LogP contribution in [0.4, 0.5) is 8.78 Å². The summed E-state index contributed by atoms with van der Waals surface area (Å²) in [5, 5.41) is 2.49. The fourth-order valence-electron chi connectivity index (χ4n) is 2.68. The van der Waals surface area contributed by atoms with Crippen LogP contribution in [-0.2, 0) is 29.7 Å². The van der Waals surface area contributed by atoms with Crippen molar-refractivity contribution in [2.24, 2.45) is 0 Å². The molecular weight excluding hydrogens is 485 g/mol. The van der Waals surface area contributed by atoms with E-state index in [4.69, 9.17) is 25.4 Å². The van der Waals surface area contributed by atoms with E-state index in [0.29, 0.717) is 5.39 Å². The Bertz CT molecular complexity index is 1090. The number of thiophene rings is 1. The average Bonchev–Trinajstić information content (AvgIpc) is 3.22. The number of rotatable bonds is 11. The number of alkyl halides is 3. The van der Waals surface area contributed by atoms with Crippen molar-refractivity contribution in [1.82, 2.24) is 0 Å². The van der Waals surface area contributed by atoms with Gasteiger partial charge in [-0.05, 0) is 47.5 Å². The summed E-state index contributed by atoms with van der Waals surface area (Å²) >= 11 is 7.34. The van der Waals surface area contributed by atoms with Gasteiger partial charge in [-0.3, -0.25) is 4.52 Å². The number of ether oxygens (including phenoxy) is 2. The standard InChI is InChI=1S/C21H20ClF2O6PS/c1-2-28-31(26,30-19(22)14-27-13-15-6-4-3-5-7-15)21(23,24)29-20(25)17-8-9-18-16(12-17)10-11-32-18/h3-12,19H,2,13-14H2,1H3. The van der Waals surface area contributed by atoms with Gasteiger partial charge in [0.2, 0.25) is 0 Å². The van der Waals surface area contributed by atoms with Crippen LogP contribution in [-0.4, -0.2) is 30.6 Å². The molecule has 0 aliphatic rings. The molecule has 0 aliphatic carbocycles. The van der Waals surface area contributed by atoms with Gasteiger partial charge in [0.25, 0.3) is 0 Å². The molecule has 6 nitrogen and oxygen atoms in total. The van der Waals surface area contributed by atoms with Crippen molar-refractivity contribution < 1.29 is 36.7 Å². The highest BCUT2D eigenvalue weighted by molar-refractivity contribution is 7.55. The lowest BCUT2D eigenvalue weighted by Gasteiger charge is -2.26. The summed E-state index contributed by atoms with van der Waals surface area (Å²) in [4.78, 5) is 12.3. The molecule has 0 saturated carbocycles. The summed E-state index contributed by atoms with van der Waals surface area (Å²) < 4.78 is 62.3. The van der Waals surface area contributed by atoms with Crippen LogP contribution in [0.3, 0.4) is 0 Å². The molecule has 11 heteroatoms. The van der Waals surface area contributed by atoms with Gasteiger partial charge in [0.1, 0.15) is 0 Å². The van der Waals surface area contributed by atoms with E-state index >= 15 is 0 Å². The van der Waals surface area contributed by atoms with Crippen LogP contribution >= 0.6 is 30.5 Å². The third kappa shape index (κ3) is 6.13. The molecule has 0 spiro atoms. The predicted molar refractivity (Wildman–Crippen MR) is 118 cm³/mol. The lowest BCUT2D eigenvalue weighted by Crippen LogP contribution is -2.29. The van der Waals surface area contributed by atoms with Crippen LogP contribution in [0.5, 0.6) is 0 Å². The first kappa shape index (κ1) is 24.8. The molecule has 2 unspecified atom stereocenters. The van der Waals surface area contributed by atoms with Crippen molar-refractivity contribution in [3.8, 4) is 0 Å². The summed E-state index contributed by atoms with van der Waals surface area (Å²) in [7, 11) is -5.29. The van der Waals surface area contributed by atoms with Crippen LogP contribution < -0.4 is 0 Å². The maximum absolute atomic E-state index is 14.7. The van der Waals surface area contributed by atoms with Gasteiger partial charge < -0.3 is 14.0 Å². The maximum atomic E-state index is 14.7. The zero-order chi connectivity index (χ0) is 23.2. The first-order valence-corrected chi connectivity index (χ1v) is 12.4. The molecular formula is C21H20ClF2O6PS. The van der Waals surface area contributed by atoms with Crippen molar-refractivity contribution in [3.05, 3.63) is 71.1 Å². The first-order chi connectivity index (χ1) is 15.2. The molecule has 0 fully saturated rings. The van der Waals surface area contributed by atoms with E-state index in [1.54, 1.807) is 29.6 Å². The van der Waals surface area contributed by atoms with Gasteiger partial charge in [-0.15, -0.1) is 11.3 Å². The molecule has 32 heavy (non-hydrogen) atoms. The minimum Gasteiger partial charge on any atom is -0.388 e. The van der Waals surface area contributed by atoms with E-state index in [9.17, 15) is 18.1 Å². The topological polar surface area (TPSA) is 71.1 Å². The Labute approximate surface area is 192 Å². The molecule has 0 N–H and O–H groups in total. The van der Waals surface area contributed by atoms with E-state index in [-0.39, 0.29) is 25.4 Å². The van der Waals surface area contributed by atoms with Crippen LogP contribution in [0.1, 0.15) is 22.8 Å². The zero-order valence-corrected chi connectivity index (χ0v) is 19.4. The first-order valence-electron chi connectivity index (χ1n) is 9.51. The average molecular weight is 505 g/mol. The number of halogens is 3. The number of carbonyl (C=O) groups excluding carboxylic acids is 1. The van der Waals surface area contributed by atoms with Gasteiger partial charge in [0.15, 0.2) is 5.56 Å². The zero-order valence-electron chi connectivity index (χ0n) is 16.9. The number of fused-ring (bicyclic) bond motifs is 1. The van der Waals surface area contributed by atoms with E-state index in [0.717, 1.165) is 10.3 Å². The van der Waals surface area contributed by atoms with Gasteiger partial charge in [-0.2, -0.15) is 8.78 Å². The van der Waals surface area contributed by atoms with E-state index < -0.39 is 25.0 Å². The van der Waals surface area contributed by atoms with Crippen molar-refractivity contribution in [3.63, 3.8) is 0 Å². The Morgan fingerprint density at radius 3 is 2.66 bits per heavy atom. The highest BCUT2D eigenvalue weighted by atomic mass is 35.5. The highest BCUT2D eigenvalue weighted by Crippen LogP contribution is 2.63. The van der Waals surface area contributed by atoms with Crippen molar-refractivity contribution in [2.75, 3.05) is 13.2 Å². The number of benzene rings is 2. The van der Waals surface area contributed by atoms with E-state index in [1.807, 2.05) is 18.2 Å². The molecule has 2 aromatic carbocycles. The monoisotopic (exact) mass is 504 g/mol. The quantitative estimate of drug-likeness (QED) is 0.166. The van der Waals surface area contributed by atoms with Crippen molar-refractivity contribution in [2.45, 2.75) is 24.9 Å². The predicted octanol–water partition coefficient (Wildman–Crippen LogP) is 6.64. The molecule has 0 aliphatic heterocycles. The third-order valence-electron chi connectivity index (χ3n) is 4.14. The minimum atomic E-state index is -5.29. The minimum absolute atomic E-state index is 0.132.